The largest absolute Gasteiger partial charge is 0.490 e. The number of amides is 2. The van der Waals surface area contributed by atoms with Gasteiger partial charge in [0, 0.05) is 31.7 Å². The molecule has 2 aliphatic rings. The normalized spacial score (nSPS) is 17.1. The molecule has 1 saturated carbocycles. The summed E-state index contributed by atoms with van der Waals surface area (Å²) in [6.45, 7) is 2.04. The standard InChI is InChI=1S/C23H24N4O3/c28-22(16-8-9-19-20(14-16)25-15-24-19)26-10-12-27(13-11-26)23(29)18-6-1-2-7-21(18)30-17-4-3-5-17/h1-2,6-9,14-15,17H,3-5,10-13H2,(H,24,25). The van der Waals surface area contributed by atoms with E-state index in [1.165, 1.54) is 6.42 Å². The molecular formula is C23H24N4O3. The van der Waals surface area contributed by atoms with Crippen LogP contribution in [0.4, 0.5) is 0 Å². The van der Waals surface area contributed by atoms with Crippen LogP contribution in [0.1, 0.15) is 40.0 Å². The third-order valence-electron chi connectivity index (χ3n) is 5.98. The van der Waals surface area contributed by atoms with Gasteiger partial charge in [0.05, 0.1) is 29.0 Å². The van der Waals surface area contributed by atoms with E-state index in [4.69, 9.17) is 4.74 Å². The van der Waals surface area contributed by atoms with Gasteiger partial charge >= 0.3 is 0 Å². The van der Waals surface area contributed by atoms with E-state index in [1.54, 1.807) is 17.3 Å². The molecule has 0 spiro atoms. The van der Waals surface area contributed by atoms with E-state index in [2.05, 4.69) is 9.97 Å². The number of imidazole rings is 1. The molecule has 7 heteroatoms. The SMILES string of the molecule is O=C(c1ccc2nc[nH]c2c1)N1CCN(C(=O)c2ccccc2OC2CCC2)CC1. The minimum Gasteiger partial charge on any atom is -0.490 e. The Kier molecular flexibility index (Phi) is 4.86. The van der Waals surface area contributed by atoms with Crippen molar-refractivity contribution < 1.29 is 14.3 Å². The summed E-state index contributed by atoms with van der Waals surface area (Å²) in [5.74, 6) is 0.613. The third kappa shape index (κ3) is 3.51. The fourth-order valence-electron chi connectivity index (χ4n) is 3.95. The Morgan fingerprint density at radius 2 is 1.70 bits per heavy atom. The highest BCUT2D eigenvalue weighted by Gasteiger charge is 2.28. The average Bonchev–Trinajstić information content (AvgIpc) is 3.23. The van der Waals surface area contributed by atoms with E-state index >= 15 is 0 Å². The highest BCUT2D eigenvalue weighted by Crippen LogP contribution is 2.28. The number of carbonyl (C=O) groups excluding carboxylic acids is 2. The zero-order valence-electron chi connectivity index (χ0n) is 16.7. The molecule has 2 heterocycles. The van der Waals surface area contributed by atoms with Crippen molar-refractivity contribution in [2.45, 2.75) is 25.4 Å². The van der Waals surface area contributed by atoms with Crippen LogP contribution in [-0.4, -0.2) is 63.9 Å². The van der Waals surface area contributed by atoms with Crippen molar-refractivity contribution in [3.05, 3.63) is 59.9 Å². The van der Waals surface area contributed by atoms with Gasteiger partial charge in [0.15, 0.2) is 0 Å². The smallest absolute Gasteiger partial charge is 0.257 e. The number of piperazine rings is 1. The van der Waals surface area contributed by atoms with Gasteiger partial charge in [-0.05, 0) is 49.6 Å². The van der Waals surface area contributed by atoms with Crippen molar-refractivity contribution in [3.8, 4) is 5.75 Å². The number of benzene rings is 2. The van der Waals surface area contributed by atoms with Crippen LogP contribution >= 0.6 is 0 Å². The summed E-state index contributed by atoms with van der Waals surface area (Å²) in [6, 6.07) is 12.9. The first-order valence-corrected chi connectivity index (χ1v) is 10.5. The molecule has 7 nitrogen and oxygen atoms in total. The Labute approximate surface area is 174 Å². The summed E-state index contributed by atoms with van der Waals surface area (Å²) < 4.78 is 6.02. The molecule has 1 aromatic heterocycles. The molecule has 30 heavy (non-hydrogen) atoms. The van der Waals surface area contributed by atoms with Gasteiger partial charge in [-0.1, -0.05) is 12.1 Å². The quantitative estimate of drug-likeness (QED) is 0.725. The van der Waals surface area contributed by atoms with Gasteiger partial charge in [-0.25, -0.2) is 4.98 Å². The van der Waals surface area contributed by atoms with E-state index in [9.17, 15) is 9.59 Å². The Morgan fingerprint density at radius 3 is 2.43 bits per heavy atom. The van der Waals surface area contributed by atoms with E-state index in [0.717, 1.165) is 23.9 Å². The van der Waals surface area contributed by atoms with Crippen molar-refractivity contribution in [2.75, 3.05) is 26.2 Å². The summed E-state index contributed by atoms with van der Waals surface area (Å²) in [4.78, 5) is 36.8. The number of H-pyrrole nitrogens is 1. The lowest BCUT2D eigenvalue weighted by Crippen LogP contribution is -2.50. The van der Waals surface area contributed by atoms with Crippen molar-refractivity contribution in [1.29, 1.82) is 0 Å². The maximum atomic E-state index is 13.1. The van der Waals surface area contributed by atoms with Gasteiger partial charge in [-0.3, -0.25) is 9.59 Å². The lowest BCUT2D eigenvalue weighted by molar-refractivity contribution is 0.0528. The van der Waals surface area contributed by atoms with Crippen molar-refractivity contribution in [2.24, 2.45) is 0 Å². The predicted molar refractivity (Wildman–Crippen MR) is 113 cm³/mol. The molecule has 154 valence electrons. The molecule has 0 atom stereocenters. The second-order valence-corrected chi connectivity index (χ2v) is 7.89. The maximum absolute atomic E-state index is 13.1. The second kappa shape index (κ2) is 7.82. The fraction of sp³-hybridized carbons (Fsp3) is 0.348. The van der Waals surface area contributed by atoms with Crippen molar-refractivity contribution in [3.63, 3.8) is 0 Å². The molecule has 1 N–H and O–H groups in total. The number of aromatic nitrogens is 2. The number of aromatic amines is 1. The topological polar surface area (TPSA) is 78.5 Å². The summed E-state index contributed by atoms with van der Waals surface area (Å²) in [5, 5.41) is 0. The van der Waals surface area contributed by atoms with Gasteiger partial charge in [-0.2, -0.15) is 0 Å². The molecule has 2 fully saturated rings. The predicted octanol–water partition coefficient (Wildman–Crippen LogP) is 3.09. The summed E-state index contributed by atoms with van der Waals surface area (Å²) in [7, 11) is 0. The van der Waals surface area contributed by atoms with Crippen LogP contribution in [0.5, 0.6) is 5.75 Å². The Balaban J connectivity index is 1.24. The van der Waals surface area contributed by atoms with Crippen LogP contribution in [0.2, 0.25) is 0 Å². The zero-order valence-corrected chi connectivity index (χ0v) is 16.7. The Hall–Kier alpha value is -3.35. The lowest BCUT2D eigenvalue weighted by atomic mass is 9.96. The maximum Gasteiger partial charge on any atom is 0.257 e. The van der Waals surface area contributed by atoms with Crippen LogP contribution in [-0.2, 0) is 0 Å². The highest BCUT2D eigenvalue weighted by molar-refractivity contribution is 5.98. The number of rotatable bonds is 4. The average molecular weight is 404 g/mol. The van der Waals surface area contributed by atoms with Crippen LogP contribution in [0.25, 0.3) is 11.0 Å². The Bertz CT molecular complexity index is 1080. The molecule has 1 aliphatic heterocycles. The van der Waals surface area contributed by atoms with Crippen LogP contribution in [0.3, 0.4) is 0 Å². The Morgan fingerprint density at radius 1 is 0.967 bits per heavy atom. The third-order valence-corrected chi connectivity index (χ3v) is 5.98. The van der Waals surface area contributed by atoms with E-state index < -0.39 is 0 Å². The minimum atomic E-state index is -0.0316. The van der Waals surface area contributed by atoms with Gasteiger partial charge in [0.1, 0.15) is 5.75 Å². The number of hydrogen-bond acceptors (Lipinski definition) is 4. The van der Waals surface area contributed by atoms with Crippen molar-refractivity contribution in [1.82, 2.24) is 19.8 Å². The number of ether oxygens (including phenoxy) is 1. The summed E-state index contributed by atoms with van der Waals surface area (Å²) in [6.07, 6.45) is 5.13. The molecule has 1 saturated heterocycles. The number of nitrogens with zero attached hydrogens (tertiary/aromatic N) is 3. The monoisotopic (exact) mass is 404 g/mol. The molecular weight excluding hydrogens is 380 g/mol. The second-order valence-electron chi connectivity index (χ2n) is 7.89. The molecule has 5 rings (SSSR count). The first kappa shape index (κ1) is 18.7. The number of para-hydroxylation sites is 1. The number of hydrogen-bond donors (Lipinski definition) is 1. The number of fused-ring (bicyclic) bond motifs is 1. The number of nitrogens with one attached hydrogen (secondary N) is 1. The summed E-state index contributed by atoms with van der Waals surface area (Å²) in [5.41, 5.74) is 2.92. The lowest BCUT2D eigenvalue weighted by Gasteiger charge is -2.35. The van der Waals surface area contributed by atoms with Crippen molar-refractivity contribution >= 4 is 22.8 Å². The first-order valence-electron chi connectivity index (χ1n) is 10.5. The molecule has 2 amide bonds. The first-order chi connectivity index (χ1) is 14.7. The molecule has 2 aromatic carbocycles. The van der Waals surface area contributed by atoms with E-state index in [-0.39, 0.29) is 17.9 Å². The van der Waals surface area contributed by atoms with E-state index in [0.29, 0.717) is 43.1 Å². The van der Waals surface area contributed by atoms with Crippen LogP contribution in [0, 0.1) is 0 Å². The van der Waals surface area contributed by atoms with Crippen LogP contribution in [0.15, 0.2) is 48.8 Å². The molecule has 0 bridgehead atoms. The molecule has 0 radical (unpaired) electrons. The van der Waals surface area contributed by atoms with Crippen LogP contribution < -0.4 is 4.74 Å². The van der Waals surface area contributed by atoms with Gasteiger partial charge in [-0.15, -0.1) is 0 Å². The van der Waals surface area contributed by atoms with Gasteiger partial charge < -0.3 is 19.5 Å². The van der Waals surface area contributed by atoms with Gasteiger partial charge in [0.2, 0.25) is 0 Å². The summed E-state index contributed by atoms with van der Waals surface area (Å²) >= 11 is 0. The zero-order chi connectivity index (χ0) is 20.5. The highest BCUT2D eigenvalue weighted by atomic mass is 16.5. The molecule has 0 unspecified atom stereocenters. The fourth-order valence-corrected chi connectivity index (χ4v) is 3.95. The number of carbonyl (C=O) groups is 2. The molecule has 3 aromatic rings. The molecule has 1 aliphatic carbocycles. The van der Waals surface area contributed by atoms with Gasteiger partial charge in [0.25, 0.3) is 11.8 Å². The minimum absolute atomic E-state index is 0.0210. The van der Waals surface area contributed by atoms with E-state index in [1.807, 2.05) is 41.3 Å².